The van der Waals surface area contributed by atoms with Gasteiger partial charge in [0.2, 0.25) is 10.0 Å². The molecule has 1 amide bonds. The van der Waals surface area contributed by atoms with Crippen molar-refractivity contribution in [2.45, 2.75) is 31.6 Å². The van der Waals surface area contributed by atoms with E-state index in [1.54, 1.807) is 12.1 Å². The van der Waals surface area contributed by atoms with Crippen LogP contribution in [0.4, 0.5) is 0 Å². The zero-order valence-corrected chi connectivity index (χ0v) is 15.3. The molecule has 1 heterocycles. The first kappa shape index (κ1) is 18.9. The number of nitrogens with zero attached hydrogens (tertiary/aromatic N) is 2. The standard InChI is InChI=1S/C17H27N3O3S/c1-3-5-10-18-24(22,23)16-8-6-15(7-9-16)17(21)20-13-11-19(4-2)12-14-20/h6-9,18H,3-5,10-14H2,1-2H3. The van der Waals surface area contributed by atoms with E-state index in [1.165, 1.54) is 12.1 Å². The quantitative estimate of drug-likeness (QED) is 0.755. The van der Waals surface area contributed by atoms with Gasteiger partial charge in [0.25, 0.3) is 5.91 Å². The van der Waals surface area contributed by atoms with E-state index in [4.69, 9.17) is 0 Å². The van der Waals surface area contributed by atoms with Gasteiger partial charge >= 0.3 is 0 Å². The van der Waals surface area contributed by atoms with E-state index in [-0.39, 0.29) is 10.8 Å². The topological polar surface area (TPSA) is 69.7 Å². The molecule has 1 fully saturated rings. The number of carbonyl (C=O) groups is 1. The fourth-order valence-electron chi connectivity index (χ4n) is 2.69. The van der Waals surface area contributed by atoms with Crippen molar-refractivity contribution in [2.75, 3.05) is 39.3 Å². The second kappa shape index (κ2) is 8.60. The van der Waals surface area contributed by atoms with Gasteiger partial charge in [-0.1, -0.05) is 20.3 Å². The first-order valence-corrected chi connectivity index (χ1v) is 10.1. The van der Waals surface area contributed by atoms with Crippen LogP contribution in [0.3, 0.4) is 0 Å². The lowest BCUT2D eigenvalue weighted by Crippen LogP contribution is -2.48. The molecule has 1 aliphatic heterocycles. The lowest BCUT2D eigenvalue weighted by molar-refractivity contribution is 0.0643. The molecule has 0 spiro atoms. The smallest absolute Gasteiger partial charge is 0.253 e. The third-order valence-corrected chi connectivity index (χ3v) is 5.82. The number of piperazine rings is 1. The zero-order chi connectivity index (χ0) is 17.6. The van der Waals surface area contributed by atoms with Crippen LogP contribution < -0.4 is 4.72 Å². The average molecular weight is 353 g/mol. The number of hydrogen-bond acceptors (Lipinski definition) is 4. The Balaban J connectivity index is 2.00. The molecule has 2 rings (SSSR count). The van der Waals surface area contributed by atoms with Crippen molar-refractivity contribution >= 4 is 15.9 Å². The molecule has 0 unspecified atom stereocenters. The van der Waals surface area contributed by atoms with E-state index in [2.05, 4.69) is 16.5 Å². The van der Waals surface area contributed by atoms with Crippen molar-refractivity contribution in [1.29, 1.82) is 0 Å². The van der Waals surface area contributed by atoms with E-state index in [0.717, 1.165) is 32.5 Å². The number of likely N-dealkylation sites (N-methyl/N-ethyl adjacent to an activating group) is 1. The van der Waals surface area contributed by atoms with Gasteiger partial charge in [-0.15, -0.1) is 0 Å². The van der Waals surface area contributed by atoms with E-state index in [1.807, 2.05) is 11.8 Å². The number of carbonyl (C=O) groups excluding carboxylic acids is 1. The van der Waals surface area contributed by atoms with Crippen molar-refractivity contribution in [2.24, 2.45) is 0 Å². The summed E-state index contributed by atoms with van der Waals surface area (Å²) in [6.45, 7) is 8.75. The lowest BCUT2D eigenvalue weighted by atomic mass is 10.2. The molecule has 0 aliphatic carbocycles. The largest absolute Gasteiger partial charge is 0.336 e. The number of benzene rings is 1. The lowest BCUT2D eigenvalue weighted by Gasteiger charge is -2.34. The molecule has 24 heavy (non-hydrogen) atoms. The Morgan fingerprint density at radius 1 is 1.08 bits per heavy atom. The fourth-order valence-corrected chi connectivity index (χ4v) is 3.77. The Hall–Kier alpha value is -1.44. The van der Waals surface area contributed by atoms with Crippen LogP contribution in [0.15, 0.2) is 29.2 Å². The minimum Gasteiger partial charge on any atom is -0.336 e. The number of nitrogens with one attached hydrogen (secondary N) is 1. The van der Waals surface area contributed by atoms with Crippen molar-refractivity contribution in [1.82, 2.24) is 14.5 Å². The van der Waals surface area contributed by atoms with Crippen LogP contribution in [0.1, 0.15) is 37.0 Å². The van der Waals surface area contributed by atoms with Gasteiger partial charge in [0.1, 0.15) is 0 Å². The first-order chi connectivity index (χ1) is 11.5. The number of hydrogen-bond donors (Lipinski definition) is 1. The second-order valence-corrected chi connectivity index (χ2v) is 7.77. The van der Waals surface area contributed by atoms with Gasteiger partial charge in [-0.2, -0.15) is 0 Å². The van der Waals surface area contributed by atoms with E-state index < -0.39 is 10.0 Å². The molecule has 1 N–H and O–H groups in total. The molecule has 7 heteroatoms. The Bertz CT molecular complexity index is 636. The number of unbranched alkanes of at least 4 members (excludes halogenated alkanes) is 1. The van der Waals surface area contributed by atoms with E-state index >= 15 is 0 Å². The average Bonchev–Trinajstić information content (AvgIpc) is 2.61. The normalized spacial score (nSPS) is 16.3. The second-order valence-electron chi connectivity index (χ2n) is 6.00. The maximum Gasteiger partial charge on any atom is 0.253 e. The molecular weight excluding hydrogens is 326 g/mol. The molecule has 0 radical (unpaired) electrons. The molecule has 1 aromatic carbocycles. The number of sulfonamides is 1. The van der Waals surface area contributed by atoms with Gasteiger partial charge in [-0.25, -0.2) is 13.1 Å². The molecule has 1 aromatic rings. The highest BCUT2D eigenvalue weighted by atomic mass is 32.2. The Morgan fingerprint density at radius 3 is 2.25 bits per heavy atom. The van der Waals surface area contributed by atoms with Crippen LogP contribution >= 0.6 is 0 Å². The predicted octanol–water partition coefficient (Wildman–Crippen LogP) is 1.54. The predicted molar refractivity (Wildman–Crippen MR) is 94.6 cm³/mol. The highest BCUT2D eigenvalue weighted by Gasteiger charge is 2.22. The number of rotatable bonds is 7. The molecule has 6 nitrogen and oxygen atoms in total. The van der Waals surface area contributed by atoms with Crippen LogP contribution in [0.25, 0.3) is 0 Å². The monoisotopic (exact) mass is 353 g/mol. The van der Waals surface area contributed by atoms with Gasteiger partial charge in [-0.05, 0) is 37.2 Å². The Labute approximate surface area is 144 Å². The van der Waals surface area contributed by atoms with Crippen LogP contribution in [0, 0.1) is 0 Å². The Kier molecular flexibility index (Phi) is 6.77. The minimum atomic E-state index is -3.49. The van der Waals surface area contributed by atoms with E-state index in [0.29, 0.717) is 25.2 Å². The molecule has 0 atom stereocenters. The summed E-state index contributed by atoms with van der Waals surface area (Å²) >= 11 is 0. The third kappa shape index (κ3) is 4.78. The molecule has 1 saturated heterocycles. The molecule has 0 aromatic heterocycles. The molecule has 0 bridgehead atoms. The number of amides is 1. The van der Waals surface area contributed by atoms with Crippen molar-refractivity contribution < 1.29 is 13.2 Å². The van der Waals surface area contributed by atoms with Crippen molar-refractivity contribution in [3.8, 4) is 0 Å². The molecule has 1 aliphatic rings. The van der Waals surface area contributed by atoms with Crippen molar-refractivity contribution in [3.05, 3.63) is 29.8 Å². The molecular formula is C17H27N3O3S. The Morgan fingerprint density at radius 2 is 1.71 bits per heavy atom. The molecule has 0 saturated carbocycles. The maximum atomic E-state index is 12.5. The molecule has 134 valence electrons. The fraction of sp³-hybridized carbons (Fsp3) is 0.588. The van der Waals surface area contributed by atoms with Crippen molar-refractivity contribution in [3.63, 3.8) is 0 Å². The van der Waals surface area contributed by atoms with E-state index in [9.17, 15) is 13.2 Å². The highest BCUT2D eigenvalue weighted by Crippen LogP contribution is 2.13. The zero-order valence-electron chi connectivity index (χ0n) is 14.5. The first-order valence-electron chi connectivity index (χ1n) is 8.59. The van der Waals surface area contributed by atoms with Crippen LogP contribution in [0.2, 0.25) is 0 Å². The van der Waals surface area contributed by atoms with Gasteiger partial charge in [0.15, 0.2) is 0 Å². The minimum absolute atomic E-state index is 0.0337. The summed E-state index contributed by atoms with van der Waals surface area (Å²) in [7, 11) is -3.49. The van der Waals surface area contributed by atoms with Crippen LogP contribution in [-0.4, -0.2) is 63.4 Å². The summed E-state index contributed by atoms with van der Waals surface area (Å²) in [6, 6.07) is 6.21. The van der Waals surface area contributed by atoms with Gasteiger partial charge in [0, 0.05) is 38.3 Å². The maximum absolute atomic E-state index is 12.5. The van der Waals surface area contributed by atoms with Crippen LogP contribution in [0.5, 0.6) is 0 Å². The summed E-state index contributed by atoms with van der Waals surface area (Å²) in [5, 5.41) is 0. The van der Waals surface area contributed by atoms with Gasteiger partial charge in [-0.3, -0.25) is 4.79 Å². The summed E-state index contributed by atoms with van der Waals surface area (Å²) in [6.07, 6.45) is 1.74. The van der Waals surface area contributed by atoms with Crippen LogP contribution in [-0.2, 0) is 10.0 Å². The summed E-state index contributed by atoms with van der Waals surface area (Å²) in [4.78, 5) is 16.8. The summed E-state index contributed by atoms with van der Waals surface area (Å²) in [5.74, 6) is -0.0337. The van der Waals surface area contributed by atoms with Gasteiger partial charge in [0.05, 0.1) is 4.90 Å². The third-order valence-electron chi connectivity index (χ3n) is 4.34. The van der Waals surface area contributed by atoms with Gasteiger partial charge < -0.3 is 9.80 Å². The highest BCUT2D eigenvalue weighted by molar-refractivity contribution is 7.89. The summed E-state index contributed by atoms with van der Waals surface area (Å²) < 4.78 is 26.9. The SMILES string of the molecule is CCCCNS(=O)(=O)c1ccc(C(=O)N2CCN(CC)CC2)cc1. The summed E-state index contributed by atoms with van der Waals surface area (Å²) in [5.41, 5.74) is 0.535.